The molecule has 0 amide bonds. The molecule has 1 saturated heterocycles. The van der Waals surface area contributed by atoms with E-state index in [1.165, 1.54) is 18.2 Å². The van der Waals surface area contributed by atoms with E-state index in [1.54, 1.807) is 12.1 Å². The Labute approximate surface area is 136 Å². The van der Waals surface area contributed by atoms with Crippen molar-refractivity contribution in [3.05, 3.63) is 30.3 Å². The average molecular weight is 338 g/mol. The second-order valence-electron chi connectivity index (χ2n) is 5.60. The van der Waals surface area contributed by atoms with Crippen molar-refractivity contribution in [2.24, 2.45) is 0 Å². The number of rotatable bonds is 3. The molecule has 2 aromatic carbocycles. The summed E-state index contributed by atoms with van der Waals surface area (Å²) < 4.78 is 10.8. The fraction of sp³-hybridized carbons (Fsp3) is 0.375. The van der Waals surface area contributed by atoms with Crippen LogP contribution in [0.5, 0.6) is 17.2 Å². The quantitative estimate of drug-likeness (QED) is 0.409. The number of phenols is 2. The van der Waals surface area contributed by atoms with E-state index in [4.69, 9.17) is 9.47 Å². The molecule has 0 aliphatic carbocycles. The molecule has 0 spiro atoms. The molecule has 24 heavy (non-hydrogen) atoms. The van der Waals surface area contributed by atoms with E-state index < -0.39 is 37.3 Å². The van der Waals surface area contributed by atoms with Crippen LogP contribution in [-0.4, -0.2) is 68.0 Å². The van der Waals surface area contributed by atoms with Crippen molar-refractivity contribution in [2.75, 3.05) is 6.61 Å². The highest BCUT2D eigenvalue weighted by molar-refractivity contribution is 5.97. The Balaban J connectivity index is 1.96. The Morgan fingerprint density at radius 2 is 1.62 bits per heavy atom. The number of fused-ring (bicyclic) bond motifs is 1. The number of aromatic hydroxyl groups is 2. The molecule has 8 nitrogen and oxygen atoms in total. The third kappa shape index (κ3) is 2.74. The van der Waals surface area contributed by atoms with E-state index >= 15 is 0 Å². The highest BCUT2D eigenvalue weighted by Crippen LogP contribution is 2.39. The van der Waals surface area contributed by atoms with E-state index in [0.29, 0.717) is 5.39 Å². The van der Waals surface area contributed by atoms with Crippen LogP contribution in [0.3, 0.4) is 0 Å². The van der Waals surface area contributed by atoms with E-state index in [2.05, 4.69) is 0 Å². The van der Waals surface area contributed by atoms with Crippen LogP contribution >= 0.6 is 0 Å². The second-order valence-corrected chi connectivity index (χ2v) is 5.60. The van der Waals surface area contributed by atoms with Crippen LogP contribution < -0.4 is 4.74 Å². The van der Waals surface area contributed by atoms with E-state index in [0.717, 1.165) is 0 Å². The van der Waals surface area contributed by atoms with Gasteiger partial charge in [-0.05, 0) is 18.2 Å². The number of ether oxygens (including phenoxy) is 2. The highest BCUT2D eigenvalue weighted by atomic mass is 16.7. The van der Waals surface area contributed by atoms with Crippen LogP contribution in [0.15, 0.2) is 30.3 Å². The number of aliphatic hydroxyl groups excluding tert-OH is 4. The van der Waals surface area contributed by atoms with E-state index in [1.807, 2.05) is 0 Å². The first kappa shape index (κ1) is 16.7. The zero-order chi connectivity index (χ0) is 17.4. The fourth-order valence-corrected chi connectivity index (χ4v) is 2.73. The predicted octanol–water partition coefficient (Wildman–Crippen LogP) is -0.570. The molecule has 130 valence electrons. The van der Waals surface area contributed by atoms with Gasteiger partial charge in [0.15, 0.2) is 0 Å². The van der Waals surface area contributed by atoms with Crippen molar-refractivity contribution in [1.29, 1.82) is 0 Å². The molecule has 5 unspecified atom stereocenters. The summed E-state index contributed by atoms with van der Waals surface area (Å²) in [6, 6.07) is 7.25. The maximum absolute atomic E-state index is 10.0. The number of benzene rings is 2. The smallest absolute Gasteiger partial charge is 0.229 e. The summed E-state index contributed by atoms with van der Waals surface area (Å²) in [7, 11) is 0. The molecule has 8 heteroatoms. The molecule has 0 aromatic heterocycles. The van der Waals surface area contributed by atoms with Gasteiger partial charge in [-0.15, -0.1) is 0 Å². The first-order valence-electron chi connectivity index (χ1n) is 7.35. The van der Waals surface area contributed by atoms with Gasteiger partial charge in [-0.1, -0.05) is 12.1 Å². The Hall–Kier alpha value is -2.10. The minimum atomic E-state index is -1.57. The molecule has 1 aliphatic rings. The lowest BCUT2D eigenvalue weighted by Crippen LogP contribution is -2.60. The zero-order valence-corrected chi connectivity index (χ0v) is 12.5. The molecule has 1 fully saturated rings. The summed E-state index contributed by atoms with van der Waals surface area (Å²) in [6.45, 7) is -0.577. The van der Waals surface area contributed by atoms with Crippen molar-refractivity contribution < 1.29 is 40.1 Å². The van der Waals surface area contributed by atoms with Gasteiger partial charge in [-0.3, -0.25) is 0 Å². The first-order chi connectivity index (χ1) is 11.4. The molecule has 0 bridgehead atoms. The first-order valence-corrected chi connectivity index (χ1v) is 7.35. The number of hydrogen-bond donors (Lipinski definition) is 6. The lowest BCUT2D eigenvalue weighted by molar-refractivity contribution is -0.277. The highest BCUT2D eigenvalue weighted by Gasteiger charge is 2.44. The second kappa shape index (κ2) is 6.42. The minimum Gasteiger partial charge on any atom is -0.507 e. The SMILES string of the molecule is OCC1OC(Oc2cccc3c(O)ccc(O)c23)C(O)C(O)C1O. The largest absolute Gasteiger partial charge is 0.507 e. The van der Waals surface area contributed by atoms with Crippen molar-refractivity contribution in [2.45, 2.75) is 30.7 Å². The molecule has 1 aliphatic heterocycles. The van der Waals surface area contributed by atoms with Gasteiger partial charge in [0.1, 0.15) is 41.7 Å². The van der Waals surface area contributed by atoms with Gasteiger partial charge in [-0.25, -0.2) is 0 Å². The van der Waals surface area contributed by atoms with Gasteiger partial charge < -0.3 is 40.1 Å². The Morgan fingerprint density at radius 3 is 2.33 bits per heavy atom. The Bertz CT molecular complexity index is 731. The average Bonchev–Trinajstić information content (AvgIpc) is 2.58. The fourth-order valence-electron chi connectivity index (χ4n) is 2.73. The van der Waals surface area contributed by atoms with E-state index in [9.17, 15) is 30.6 Å². The Kier molecular flexibility index (Phi) is 4.48. The molecule has 1 heterocycles. The lowest BCUT2D eigenvalue weighted by Gasteiger charge is -2.39. The third-order valence-electron chi connectivity index (χ3n) is 4.05. The van der Waals surface area contributed by atoms with Crippen molar-refractivity contribution in [3.8, 4) is 17.2 Å². The van der Waals surface area contributed by atoms with Gasteiger partial charge >= 0.3 is 0 Å². The summed E-state index contributed by atoms with van der Waals surface area (Å²) in [5, 5.41) is 59.2. The van der Waals surface area contributed by atoms with Gasteiger partial charge in [-0.2, -0.15) is 0 Å². The zero-order valence-electron chi connectivity index (χ0n) is 12.5. The third-order valence-corrected chi connectivity index (χ3v) is 4.05. The maximum Gasteiger partial charge on any atom is 0.229 e. The van der Waals surface area contributed by atoms with Crippen LogP contribution in [0, 0.1) is 0 Å². The molecule has 5 atom stereocenters. The minimum absolute atomic E-state index is 0.0675. The van der Waals surface area contributed by atoms with Gasteiger partial charge in [0.05, 0.1) is 12.0 Å². The number of phenolic OH excluding ortho intramolecular Hbond substituents is 2. The monoisotopic (exact) mass is 338 g/mol. The predicted molar refractivity (Wildman–Crippen MR) is 81.7 cm³/mol. The van der Waals surface area contributed by atoms with Crippen LogP contribution in [0.4, 0.5) is 0 Å². The molecule has 2 aromatic rings. The van der Waals surface area contributed by atoms with Crippen LogP contribution in [0.2, 0.25) is 0 Å². The topological polar surface area (TPSA) is 140 Å². The summed E-state index contributed by atoms with van der Waals surface area (Å²) >= 11 is 0. The Morgan fingerprint density at radius 1 is 0.917 bits per heavy atom. The molecule has 6 N–H and O–H groups in total. The van der Waals surface area contributed by atoms with Crippen molar-refractivity contribution in [1.82, 2.24) is 0 Å². The van der Waals surface area contributed by atoms with Crippen molar-refractivity contribution >= 4 is 10.8 Å². The van der Waals surface area contributed by atoms with Crippen molar-refractivity contribution in [3.63, 3.8) is 0 Å². The molecule has 0 radical (unpaired) electrons. The molecular formula is C16H18O8. The molecule has 3 rings (SSSR count). The van der Waals surface area contributed by atoms with Gasteiger partial charge in [0, 0.05) is 5.39 Å². The molecule has 0 saturated carbocycles. The number of hydrogen-bond acceptors (Lipinski definition) is 8. The standard InChI is InChI=1S/C16H18O8/c17-6-11-13(20)14(21)15(22)16(24-11)23-10-3-1-2-7-8(18)4-5-9(19)12(7)10/h1-5,11,13-22H,6H2. The van der Waals surface area contributed by atoms with Gasteiger partial charge in [0.25, 0.3) is 0 Å². The van der Waals surface area contributed by atoms with Crippen LogP contribution in [0.1, 0.15) is 0 Å². The van der Waals surface area contributed by atoms with E-state index in [-0.39, 0.29) is 22.6 Å². The summed E-state index contributed by atoms with van der Waals surface area (Å²) in [5.41, 5.74) is 0. The summed E-state index contributed by atoms with van der Waals surface area (Å²) in [4.78, 5) is 0. The van der Waals surface area contributed by atoms with Gasteiger partial charge in [0.2, 0.25) is 6.29 Å². The number of aliphatic hydroxyl groups is 4. The van der Waals surface area contributed by atoms with Crippen LogP contribution in [0.25, 0.3) is 10.8 Å². The summed E-state index contributed by atoms with van der Waals surface area (Å²) in [5.74, 6) is -0.115. The maximum atomic E-state index is 10.0. The van der Waals surface area contributed by atoms with Crippen LogP contribution in [-0.2, 0) is 4.74 Å². The molecular weight excluding hydrogens is 320 g/mol. The normalized spacial score (nSPS) is 30.4. The summed E-state index contributed by atoms with van der Waals surface area (Å²) in [6.07, 6.45) is -7.12. The lowest BCUT2D eigenvalue weighted by atomic mass is 9.99.